The number of Topliss-reactive ketones (excluding diaryl/α,β-unsaturated/α-hetero) is 1. The number of aromatic nitrogens is 1. The van der Waals surface area contributed by atoms with Gasteiger partial charge in [0.25, 0.3) is 0 Å². The van der Waals surface area contributed by atoms with E-state index >= 15 is 0 Å². The summed E-state index contributed by atoms with van der Waals surface area (Å²) in [6.07, 6.45) is 5.98. The predicted octanol–water partition coefficient (Wildman–Crippen LogP) is 3.03. The molecule has 2 amide bonds. The summed E-state index contributed by atoms with van der Waals surface area (Å²) in [5, 5.41) is 3.34. The Morgan fingerprint density at radius 2 is 1.96 bits per heavy atom. The molecule has 2 heterocycles. The van der Waals surface area contributed by atoms with E-state index in [2.05, 4.69) is 24.1 Å². The zero-order valence-corrected chi connectivity index (χ0v) is 16.2. The van der Waals surface area contributed by atoms with E-state index in [0.717, 1.165) is 25.0 Å². The molecule has 1 aromatic rings. The van der Waals surface area contributed by atoms with Crippen molar-refractivity contribution in [1.29, 1.82) is 0 Å². The van der Waals surface area contributed by atoms with E-state index in [-0.39, 0.29) is 35.4 Å². The van der Waals surface area contributed by atoms with E-state index in [1.807, 2.05) is 4.90 Å². The first kappa shape index (κ1) is 17.6. The third kappa shape index (κ3) is 3.29. The van der Waals surface area contributed by atoms with Crippen molar-refractivity contribution in [3.8, 4) is 0 Å². The molecule has 0 bridgehead atoms. The fourth-order valence-electron chi connectivity index (χ4n) is 4.46. The van der Waals surface area contributed by atoms with Crippen LogP contribution in [0.15, 0.2) is 0 Å². The third-order valence-corrected chi connectivity index (χ3v) is 6.81. The van der Waals surface area contributed by atoms with E-state index in [9.17, 15) is 14.4 Å². The zero-order chi connectivity index (χ0) is 18.5. The van der Waals surface area contributed by atoms with E-state index in [1.54, 1.807) is 0 Å². The molecular weight excluding hydrogens is 350 g/mol. The number of hydrogen-bond donors (Lipinski definition) is 1. The van der Waals surface area contributed by atoms with Crippen LogP contribution in [0.25, 0.3) is 0 Å². The Bertz CT molecular complexity index is 764. The lowest BCUT2D eigenvalue weighted by molar-refractivity contribution is -0.129. The quantitative estimate of drug-likeness (QED) is 0.881. The maximum Gasteiger partial charge on any atom is 0.231 e. The van der Waals surface area contributed by atoms with E-state index < -0.39 is 0 Å². The summed E-state index contributed by atoms with van der Waals surface area (Å²) in [4.78, 5) is 44.3. The van der Waals surface area contributed by atoms with Crippen molar-refractivity contribution in [3.05, 3.63) is 10.6 Å². The van der Waals surface area contributed by atoms with Gasteiger partial charge in [-0.2, -0.15) is 0 Å². The monoisotopic (exact) mass is 375 g/mol. The minimum absolute atomic E-state index is 0.0842. The van der Waals surface area contributed by atoms with Gasteiger partial charge in [0.1, 0.15) is 0 Å². The largest absolute Gasteiger partial charge is 0.339 e. The highest BCUT2D eigenvalue weighted by atomic mass is 32.1. The SMILES string of the molecule is CC1(C)CC(=O)c2sc(NC(=O)[C@H]3CC(=O)N(C4CCCC4)C3)nc2C1. The van der Waals surface area contributed by atoms with E-state index in [0.29, 0.717) is 29.0 Å². The number of carbonyl (C=O) groups excluding carboxylic acids is 3. The molecule has 7 heteroatoms. The molecule has 6 nitrogen and oxygen atoms in total. The topological polar surface area (TPSA) is 79.4 Å². The highest BCUT2D eigenvalue weighted by Gasteiger charge is 2.39. The molecule has 2 aliphatic carbocycles. The molecule has 1 N–H and O–H groups in total. The molecule has 1 saturated carbocycles. The maximum atomic E-state index is 12.6. The molecule has 1 saturated heterocycles. The van der Waals surface area contributed by atoms with Crippen LogP contribution in [0.4, 0.5) is 5.13 Å². The summed E-state index contributed by atoms with van der Waals surface area (Å²) in [5.74, 6) is -0.280. The standard InChI is InChI=1S/C19H25N3O3S/c1-19(2)8-13-16(14(23)9-19)26-18(20-13)21-17(25)11-7-15(24)22(10-11)12-5-3-4-6-12/h11-12H,3-10H2,1-2H3,(H,20,21,25)/t11-/m0/s1. The van der Waals surface area contributed by atoms with Gasteiger partial charge in [0.05, 0.1) is 16.5 Å². The summed E-state index contributed by atoms with van der Waals surface area (Å²) in [7, 11) is 0. The van der Waals surface area contributed by atoms with Crippen molar-refractivity contribution in [2.75, 3.05) is 11.9 Å². The number of nitrogens with one attached hydrogen (secondary N) is 1. The van der Waals surface area contributed by atoms with Crippen molar-refractivity contribution in [3.63, 3.8) is 0 Å². The van der Waals surface area contributed by atoms with Crippen molar-refractivity contribution in [2.45, 2.75) is 64.8 Å². The Morgan fingerprint density at radius 3 is 2.69 bits per heavy atom. The summed E-state index contributed by atoms with van der Waals surface area (Å²) >= 11 is 1.27. The Kier molecular flexibility index (Phi) is 4.37. The highest BCUT2D eigenvalue weighted by molar-refractivity contribution is 7.17. The first-order valence-corrected chi connectivity index (χ1v) is 10.3. The van der Waals surface area contributed by atoms with Crippen molar-refractivity contribution < 1.29 is 14.4 Å². The van der Waals surface area contributed by atoms with Crippen LogP contribution in [0.1, 0.15) is 67.7 Å². The van der Waals surface area contributed by atoms with Crippen LogP contribution in [-0.4, -0.2) is 40.1 Å². The van der Waals surface area contributed by atoms with Gasteiger partial charge in [-0.25, -0.2) is 4.98 Å². The maximum absolute atomic E-state index is 12.6. The van der Waals surface area contributed by atoms with E-state index in [4.69, 9.17) is 0 Å². The summed E-state index contributed by atoms with van der Waals surface area (Å²) in [6, 6.07) is 0.312. The lowest BCUT2D eigenvalue weighted by Gasteiger charge is -2.26. The molecule has 0 aromatic carbocycles. The van der Waals surface area contributed by atoms with Gasteiger partial charge in [-0.3, -0.25) is 14.4 Å². The Morgan fingerprint density at radius 1 is 1.23 bits per heavy atom. The molecule has 2 fully saturated rings. The molecule has 1 aromatic heterocycles. The average Bonchev–Trinajstić information content (AvgIpc) is 3.25. The number of carbonyl (C=O) groups is 3. The second kappa shape index (κ2) is 6.44. The smallest absolute Gasteiger partial charge is 0.231 e. The molecule has 1 atom stereocenters. The number of rotatable bonds is 3. The fourth-order valence-corrected chi connectivity index (χ4v) is 5.38. The van der Waals surface area contributed by atoms with Gasteiger partial charge < -0.3 is 10.2 Å². The molecule has 26 heavy (non-hydrogen) atoms. The van der Waals surface area contributed by atoms with Crippen molar-refractivity contribution >= 4 is 34.1 Å². The Hall–Kier alpha value is -1.76. The zero-order valence-electron chi connectivity index (χ0n) is 15.3. The molecule has 3 aliphatic rings. The van der Waals surface area contributed by atoms with Crippen LogP contribution in [0.5, 0.6) is 0 Å². The van der Waals surface area contributed by atoms with E-state index in [1.165, 1.54) is 24.2 Å². The number of fused-ring (bicyclic) bond motifs is 1. The lowest BCUT2D eigenvalue weighted by Crippen LogP contribution is -2.35. The van der Waals surface area contributed by atoms with Gasteiger partial charge in [-0.15, -0.1) is 0 Å². The minimum atomic E-state index is -0.323. The number of likely N-dealkylation sites (tertiary alicyclic amines) is 1. The van der Waals surface area contributed by atoms with Crippen molar-refractivity contribution in [2.24, 2.45) is 11.3 Å². The van der Waals surface area contributed by atoms with Gasteiger partial charge in [0, 0.05) is 25.4 Å². The van der Waals surface area contributed by atoms with Crippen LogP contribution < -0.4 is 5.32 Å². The van der Waals surface area contributed by atoms with Crippen molar-refractivity contribution in [1.82, 2.24) is 9.88 Å². The van der Waals surface area contributed by atoms with Crippen LogP contribution in [0.2, 0.25) is 0 Å². The van der Waals surface area contributed by atoms with Gasteiger partial charge in [-0.1, -0.05) is 38.0 Å². The minimum Gasteiger partial charge on any atom is -0.339 e. The van der Waals surface area contributed by atoms with Gasteiger partial charge in [0.15, 0.2) is 10.9 Å². The first-order chi connectivity index (χ1) is 12.3. The third-order valence-electron chi connectivity index (χ3n) is 5.76. The molecule has 0 spiro atoms. The Balaban J connectivity index is 1.43. The number of hydrogen-bond acceptors (Lipinski definition) is 5. The predicted molar refractivity (Wildman–Crippen MR) is 99.3 cm³/mol. The second-order valence-electron chi connectivity index (χ2n) is 8.61. The molecule has 140 valence electrons. The lowest BCUT2D eigenvalue weighted by atomic mass is 9.78. The van der Waals surface area contributed by atoms with Crippen LogP contribution in [-0.2, 0) is 16.0 Å². The highest BCUT2D eigenvalue weighted by Crippen LogP contribution is 2.38. The number of anilines is 1. The molecule has 0 unspecified atom stereocenters. The van der Waals surface area contributed by atoms with Crippen LogP contribution in [0.3, 0.4) is 0 Å². The number of thiazole rings is 1. The van der Waals surface area contributed by atoms with Crippen LogP contribution >= 0.6 is 11.3 Å². The molecular formula is C19H25N3O3S. The molecule has 0 radical (unpaired) electrons. The summed E-state index contributed by atoms with van der Waals surface area (Å²) in [6.45, 7) is 4.63. The summed E-state index contributed by atoms with van der Waals surface area (Å²) < 4.78 is 0. The Labute approximate surface area is 157 Å². The molecule has 4 rings (SSSR count). The van der Waals surface area contributed by atoms with Gasteiger partial charge in [-0.05, 0) is 24.7 Å². The van der Waals surface area contributed by atoms with Crippen LogP contribution in [0, 0.1) is 11.3 Å². The second-order valence-corrected chi connectivity index (χ2v) is 9.61. The van der Waals surface area contributed by atoms with Gasteiger partial charge in [0.2, 0.25) is 11.8 Å². The van der Waals surface area contributed by atoms with Gasteiger partial charge >= 0.3 is 0 Å². The normalized spacial score (nSPS) is 25.6. The first-order valence-electron chi connectivity index (χ1n) is 9.46. The number of amides is 2. The average molecular weight is 375 g/mol. The summed E-state index contributed by atoms with van der Waals surface area (Å²) in [5.41, 5.74) is 0.709. The number of ketones is 1. The molecule has 1 aliphatic heterocycles. The number of nitrogens with zero attached hydrogens (tertiary/aromatic N) is 2. The fraction of sp³-hybridized carbons (Fsp3) is 0.684.